The third-order valence-corrected chi connectivity index (χ3v) is 17.6. The van der Waals surface area contributed by atoms with E-state index in [4.69, 9.17) is 19.6 Å². The van der Waals surface area contributed by atoms with Crippen LogP contribution in [0, 0.1) is 0 Å². The molecule has 0 amide bonds. The molecule has 10 N–H and O–H groups in total. The summed E-state index contributed by atoms with van der Waals surface area (Å²) in [6.45, 7) is 0.232. The molecular formula is C25H54N4O18P6S2Y+4. The standard InChI is InChI=1S/C25H50N4O18P6S2.Y/c1-26(18-50(34,35)36,22-12-54-14-24(22)28(3,16-48(32)46-30)20-52(40,41)44-5)10-8-7-9-11-27(2,19-51(37,38)39)23-13-55-15-25(23)29(4,17-49(33)47-31)21-53(42,43)45-6;/h12-15,32-33H,7-11,16-21H2,1-6H3,(H4-4,30,31,34,35,36,37,38,39,40,41,42,43);/p+4/i;1+1. The summed E-state index contributed by atoms with van der Waals surface area (Å²) in [6.07, 6.45) is -2.26. The molecule has 31 heteroatoms. The van der Waals surface area contributed by atoms with Crippen molar-refractivity contribution >= 4 is 92.6 Å². The van der Waals surface area contributed by atoms with Crippen molar-refractivity contribution in [3.05, 3.63) is 21.5 Å². The first-order chi connectivity index (χ1) is 25.0. The van der Waals surface area contributed by atoms with E-state index in [1.807, 2.05) is 0 Å². The molecule has 22 nitrogen and oxygen atoms in total. The maximum Gasteiger partial charge on any atom is 0.382 e. The van der Waals surface area contributed by atoms with E-state index in [0.29, 0.717) is 42.0 Å². The number of hydrogen-bond acceptors (Lipinski definition) is 14. The second-order valence-electron chi connectivity index (χ2n) is 14.1. The van der Waals surface area contributed by atoms with Crippen molar-refractivity contribution in [2.75, 3.05) is 93.2 Å². The van der Waals surface area contributed by atoms with Crippen LogP contribution in [0.3, 0.4) is 0 Å². The van der Waals surface area contributed by atoms with Crippen molar-refractivity contribution in [2.24, 2.45) is 0 Å². The third-order valence-electron chi connectivity index (χ3n) is 8.97. The van der Waals surface area contributed by atoms with Crippen LogP contribution in [0.4, 0.5) is 22.7 Å². The first-order valence-corrected chi connectivity index (χ1v) is 27.8. The minimum absolute atomic E-state index is 0. The Labute approximate surface area is 361 Å². The molecule has 2 aromatic heterocycles. The number of quaternary nitrogens is 4. The molecule has 0 fully saturated rings. The monoisotopic (exact) mass is 1040 g/mol. The first kappa shape index (κ1) is 55.6. The summed E-state index contributed by atoms with van der Waals surface area (Å²) in [4.78, 5) is 82.0. The Balaban J connectivity index is 0.0000157. The van der Waals surface area contributed by atoms with Gasteiger partial charge in [-0.1, -0.05) is 0 Å². The van der Waals surface area contributed by atoms with Crippen LogP contribution in [0.5, 0.6) is 0 Å². The molecule has 323 valence electrons. The number of thiophene rings is 2. The Kier molecular flexibility index (Phi) is 22.1. The maximum absolute atomic E-state index is 12.8. The molecule has 0 aliphatic rings. The summed E-state index contributed by atoms with van der Waals surface area (Å²) in [5.41, 5.74) is 1.37. The Morgan fingerprint density at radius 1 is 0.554 bits per heavy atom. The van der Waals surface area contributed by atoms with Gasteiger partial charge in [0.25, 0.3) is 16.8 Å². The molecule has 8 atom stereocenters. The summed E-state index contributed by atoms with van der Waals surface area (Å²) < 4.78 is 66.6. The first-order valence-electron chi connectivity index (χ1n) is 16.0. The summed E-state index contributed by atoms with van der Waals surface area (Å²) in [7, 11) is -14.8. The summed E-state index contributed by atoms with van der Waals surface area (Å²) in [6, 6.07) is 0. The second kappa shape index (κ2) is 22.3. The molecule has 2 aromatic rings. The zero-order valence-corrected chi connectivity index (χ0v) is 41.5. The van der Waals surface area contributed by atoms with E-state index in [0.717, 1.165) is 36.9 Å². The average Bonchev–Trinajstić information content (AvgIpc) is 3.75. The van der Waals surface area contributed by atoms with Gasteiger partial charge >= 0.3 is 30.4 Å². The van der Waals surface area contributed by atoms with Gasteiger partial charge in [0.05, 0.1) is 62.8 Å². The molecule has 0 saturated carbocycles. The van der Waals surface area contributed by atoms with Gasteiger partial charge in [-0.2, -0.15) is 9.35 Å². The van der Waals surface area contributed by atoms with Gasteiger partial charge in [-0.05, 0) is 19.3 Å². The van der Waals surface area contributed by atoms with Crippen molar-refractivity contribution in [3.8, 4) is 0 Å². The number of nitrogens with zero attached hydrogens (tertiary/aromatic N) is 4. The molecule has 2 rings (SSSR count). The Hall–Kier alpha value is 1.56. The minimum atomic E-state index is -4.72. The Morgan fingerprint density at radius 3 is 1.09 bits per heavy atom. The smallest absolute Gasteiger partial charge is 0.344 e. The van der Waals surface area contributed by atoms with Crippen LogP contribution in [-0.4, -0.2) is 143 Å². The molecule has 0 bridgehead atoms. The molecule has 1 radical (unpaired) electrons. The van der Waals surface area contributed by atoms with Gasteiger partial charge in [0.2, 0.25) is 22.7 Å². The van der Waals surface area contributed by atoms with Gasteiger partial charge in [-0.25, -0.2) is 10.5 Å². The van der Waals surface area contributed by atoms with E-state index >= 15 is 0 Å². The predicted molar refractivity (Wildman–Crippen MR) is 216 cm³/mol. The van der Waals surface area contributed by atoms with Gasteiger partial charge in [-0.15, -0.1) is 22.7 Å². The van der Waals surface area contributed by atoms with Crippen molar-refractivity contribution in [1.82, 2.24) is 17.9 Å². The summed E-state index contributed by atoms with van der Waals surface area (Å²) in [5.74, 6) is 0. The zero-order valence-electron chi connectivity index (χ0n) is 31.7. The van der Waals surface area contributed by atoms with Crippen LogP contribution in [0.25, 0.3) is 0 Å². The fraction of sp³-hybridized carbons (Fsp3) is 0.680. The molecule has 2 heterocycles. The molecule has 0 spiro atoms. The Bertz CT molecular complexity index is 1630. The Morgan fingerprint density at radius 2 is 0.839 bits per heavy atom. The summed E-state index contributed by atoms with van der Waals surface area (Å²) in [5, 5.41) is 24.8. The van der Waals surface area contributed by atoms with Gasteiger partial charge in [-0.3, -0.25) is 36.2 Å². The molecule has 8 unspecified atom stereocenters. The van der Waals surface area contributed by atoms with Crippen LogP contribution in [0.15, 0.2) is 21.5 Å². The molecule has 0 aliphatic carbocycles. The average molecular weight is 1040 g/mol. The third kappa shape index (κ3) is 16.7. The van der Waals surface area contributed by atoms with E-state index in [-0.39, 0.29) is 67.3 Å². The van der Waals surface area contributed by atoms with Gasteiger partial charge in [0.15, 0.2) is 37.7 Å². The quantitative estimate of drug-likeness (QED) is 0.0199. The van der Waals surface area contributed by atoms with Crippen molar-refractivity contribution in [1.29, 1.82) is 0 Å². The van der Waals surface area contributed by atoms with E-state index in [1.165, 1.54) is 14.1 Å². The second-order valence-corrected chi connectivity index (χ2v) is 24.9. The number of hydrogen-bond donors (Lipinski definition) is 10. The number of rotatable bonds is 26. The molecule has 56 heavy (non-hydrogen) atoms. The van der Waals surface area contributed by atoms with E-state index in [1.54, 1.807) is 35.6 Å². The van der Waals surface area contributed by atoms with Crippen LogP contribution in [0.2, 0.25) is 0 Å². The van der Waals surface area contributed by atoms with Crippen molar-refractivity contribution in [3.63, 3.8) is 0 Å². The molecule has 0 aromatic carbocycles. The van der Waals surface area contributed by atoms with Gasteiger partial charge in [0.1, 0.15) is 0 Å². The summed E-state index contributed by atoms with van der Waals surface area (Å²) >= 11 is 2.30. The van der Waals surface area contributed by atoms with Crippen LogP contribution < -0.4 is 17.9 Å². The van der Waals surface area contributed by atoms with Crippen LogP contribution in [0.1, 0.15) is 19.3 Å². The largest absolute Gasteiger partial charge is 0.382 e. The SMILES string of the molecule is COP(=O)(O)C[N+](C)(CP(O)OO)c1cscc1[N+](C)(CCCCC[N+](C)(CP(=O)(O)O)c1cscc1[N+](C)(CP(O)OO)CP(=O)(O)OC)CP(=O)(O)O.[90Y]. The minimum Gasteiger partial charge on any atom is -0.344 e. The fourth-order valence-corrected chi connectivity index (χ4v) is 15.2. The van der Waals surface area contributed by atoms with E-state index in [2.05, 4.69) is 9.35 Å². The fourth-order valence-electron chi connectivity index (χ4n) is 6.51. The van der Waals surface area contributed by atoms with E-state index in [9.17, 15) is 57.4 Å². The normalized spacial score (nSPS) is 20.3. The predicted octanol–water partition coefficient (Wildman–Crippen LogP) is 4.78. The van der Waals surface area contributed by atoms with Crippen LogP contribution >= 0.6 is 69.8 Å². The topological polar surface area (TPSA) is 308 Å². The molecule has 0 saturated heterocycles. The van der Waals surface area contributed by atoms with Crippen molar-refractivity contribution < 1.29 is 119 Å². The maximum atomic E-state index is 12.8. The molecule has 0 aliphatic heterocycles. The van der Waals surface area contributed by atoms with Crippen LogP contribution in [-0.2, 0) is 69.4 Å². The zero-order chi connectivity index (χ0) is 42.3. The van der Waals surface area contributed by atoms with E-state index < -0.39 is 81.2 Å². The number of unbranched alkanes of at least 4 members (excludes halogenated alkanes) is 2. The molecular weight excluding hydrogens is 984 g/mol. The van der Waals surface area contributed by atoms with Gasteiger partial charge < -0.3 is 48.2 Å². The van der Waals surface area contributed by atoms with Gasteiger partial charge in [0, 0.05) is 46.9 Å². The van der Waals surface area contributed by atoms with Crippen molar-refractivity contribution in [2.45, 2.75) is 19.3 Å².